The Kier molecular flexibility index (Phi) is 3.69. The Morgan fingerprint density at radius 2 is 1.46 bits per heavy atom. The highest BCUT2D eigenvalue weighted by molar-refractivity contribution is 6.14. The molecule has 0 bridgehead atoms. The van der Waals surface area contributed by atoms with Gasteiger partial charge in [0.1, 0.15) is 0 Å². The third-order valence-corrected chi connectivity index (χ3v) is 5.48. The van der Waals surface area contributed by atoms with Gasteiger partial charge >= 0.3 is 0 Å². The zero-order valence-corrected chi connectivity index (χ0v) is 15.2. The lowest BCUT2D eigenvalue weighted by Crippen LogP contribution is -2.61. The number of anilines is 2. The minimum absolute atomic E-state index is 0.142. The number of hydrogen-bond acceptors (Lipinski definition) is 3. The number of nitrogens with one attached hydrogen (secondary N) is 2. The van der Waals surface area contributed by atoms with E-state index < -0.39 is 5.66 Å². The van der Waals surface area contributed by atoms with Crippen LogP contribution in [-0.2, 0) is 16.9 Å². The lowest BCUT2D eigenvalue weighted by Gasteiger charge is -2.44. The Bertz CT molecular complexity index is 1080. The van der Waals surface area contributed by atoms with Crippen molar-refractivity contribution in [3.63, 3.8) is 0 Å². The van der Waals surface area contributed by atoms with Crippen molar-refractivity contribution in [2.24, 2.45) is 0 Å². The molecule has 0 aromatic heterocycles. The van der Waals surface area contributed by atoms with Crippen LogP contribution in [0.15, 0.2) is 78.9 Å². The highest BCUT2D eigenvalue weighted by Crippen LogP contribution is 2.45. The summed E-state index contributed by atoms with van der Waals surface area (Å²) in [5.41, 5.74) is 2.65. The highest BCUT2D eigenvalue weighted by atomic mass is 16.2. The third kappa shape index (κ3) is 2.33. The van der Waals surface area contributed by atoms with Crippen LogP contribution in [-0.4, -0.2) is 23.3 Å². The van der Waals surface area contributed by atoms with Crippen LogP contribution in [0.3, 0.4) is 0 Å². The second kappa shape index (κ2) is 6.23. The van der Waals surface area contributed by atoms with Gasteiger partial charge in [0.25, 0.3) is 11.8 Å². The second-order valence-electron chi connectivity index (χ2n) is 7.07. The van der Waals surface area contributed by atoms with Crippen LogP contribution in [0.4, 0.5) is 11.4 Å². The molecular formula is C23H19N3O2. The average molecular weight is 369 g/mol. The van der Waals surface area contributed by atoms with Crippen LogP contribution in [0.1, 0.15) is 21.5 Å². The summed E-state index contributed by atoms with van der Waals surface area (Å²) in [6, 6.07) is 24.9. The van der Waals surface area contributed by atoms with E-state index in [0.717, 1.165) is 16.8 Å². The smallest absolute Gasteiger partial charge is 0.276 e. The normalized spacial score (nSPS) is 19.8. The van der Waals surface area contributed by atoms with E-state index in [9.17, 15) is 9.59 Å². The van der Waals surface area contributed by atoms with Crippen LogP contribution < -0.4 is 10.6 Å². The molecule has 28 heavy (non-hydrogen) atoms. The van der Waals surface area contributed by atoms with Gasteiger partial charge in [0.15, 0.2) is 0 Å². The van der Waals surface area contributed by atoms with Gasteiger partial charge < -0.3 is 15.5 Å². The molecule has 0 unspecified atom stereocenters. The lowest BCUT2D eigenvalue weighted by atomic mass is 9.92. The summed E-state index contributed by atoms with van der Waals surface area (Å²) in [5.74, 6) is -0.373. The SMILES string of the molecule is O=C1c2ccccc2N[C@]2(C(=O)Nc3ccccc32)N1CCc1ccccc1. The molecule has 5 heteroatoms. The van der Waals surface area contributed by atoms with E-state index in [1.807, 2.05) is 72.8 Å². The molecule has 5 rings (SSSR count). The summed E-state index contributed by atoms with van der Waals surface area (Å²) in [4.78, 5) is 28.3. The summed E-state index contributed by atoms with van der Waals surface area (Å²) >= 11 is 0. The van der Waals surface area contributed by atoms with E-state index in [-0.39, 0.29) is 11.8 Å². The van der Waals surface area contributed by atoms with Crippen molar-refractivity contribution in [1.29, 1.82) is 0 Å². The van der Waals surface area contributed by atoms with Gasteiger partial charge in [0.2, 0.25) is 5.66 Å². The van der Waals surface area contributed by atoms with Crippen molar-refractivity contribution in [2.75, 3.05) is 17.2 Å². The molecule has 0 saturated heterocycles. The second-order valence-corrected chi connectivity index (χ2v) is 7.07. The maximum atomic E-state index is 13.5. The molecule has 3 aromatic rings. The average Bonchev–Trinajstić information content (AvgIpc) is 3.00. The maximum Gasteiger partial charge on any atom is 0.276 e. The molecule has 2 heterocycles. The van der Waals surface area contributed by atoms with Crippen molar-refractivity contribution >= 4 is 23.2 Å². The molecule has 2 aliphatic heterocycles. The van der Waals surface area contributed by atoms with Crippen molar-refractivity contribution in [3.05, 3.63) is 95.6 Å². The molecule has 0 saturated carbocycles. The molecule has 1 spiro atoms. The lowest BCUT2D eigenvalue weighted by molar-refractivity contribution is -0.125. The number of hydrogen-bond donors (Lipinski definition) is 2. The molecule has 0 fully saturated rings. The standard InChI is InChI=1S/C23H19N3O2/c27-21-17-10-4-6-12-19(17)25-23(18-11-5-7-13-20(18)24-22(23)28)26(21)15-14-16-8-2-1-3-9-16/h1-13,25H,14-15H2,(H,24,28)/t23-/m0/s1. The molecule has 138 valence electrons. The summed E-state index contributed by atoms with van der Waals surface area (Å²) in [5, 5.41) is 6.33. The first-order valence-corrected chi connectivity index (χ1v) is 9.34. The summed E-state index contributed by atoms with van der Waals surface area (Å²) in [6.45, 7) is 0.423. The van der Waals surface area contributed by atoms with Gasteiger partial charge in [-0.15, -0.1) is 0 Å². The minimum atomic E-state index is -1.24. The zero-order chi connectivity index (χ0) is 19.1. The fraction of sp³-hybridized carbons (Fsp3) is 0.130. The van der Waals surface area contributed by atoms with Gasteiger partial charge in [-0.25, -0.2) is 0 Å². The molecule has 2 aliphatic rings. The minimum Gasteiger partial charge on any atom is -0.350 e. The Balaban J connectivity index is 1.63. The molecule has 3 aromatic carbocycles. The van der Waals surface area contributed by atoms with Crippen LogP contribution in [0.25, 0.3) is 0 Å². The van der Waals surface area contributed by atoms with Gasteiger partial charge in [-0.2, -0.15) is 0 Å². The summed E-state index contributed by atoms with van der Waals surface area (Å²) in [7, 11) is 0. The fourth-order valence-electron chi connectivity index (χ4n) is 4.13. The number of para-hydroxylation sites is 2. The molecule has 2 amide bonds. The van der Waals surface area contributed by atoms with E-state index in [4.69, 9.17) is 0 Å². The zero-order valence-electron chi connectivity index (χ0n) is 15.2. The molecule has 0 radical (unpaired) electrons. The van der Waals surface area contributed by atoms with E-state index in [1.54, 1.807) is 11.0 Å². The Morgan fingerprint density at radius 1 is 0.786 bits per heavy atom. The molecule has 2 N–H and O–H groups in total. The highest BCUT2D eigenvalue weighted by Gasteiger charge is 2.56. The van der Waals surface area contributed by atoms with Crippen LogP contribution in [0, 0.1) is 0 Å². The number of fused-ring (bicyclic) bond motifs is 3. The quantitative estimate of drug-likeness (QED) is 0.742. The number of carbonyl (C=O) groups excluding carboxylic acids is 2. The molecule has 0 aliphatic carbocycles. The monoisotopic (exact) mass is 369 g/mol. The Labute approximate surface area is 163 Å². The number of nitrogens with zero attached hydrogens (tertiary/aromatic N) is 1. The first-order chi connectivity index (χ1) is 13.7. The van der Waals surface area contributed by atoms with Gasteiger partial charge in [0, 0.05) is 23.5 Å². The first-order valence-electron chi connectivity index (χ1n) is 9.34. The van der Waals surface area contributed by atoms with Crippen molar-refractivity contribution in [3.8, 4) is 0 Å². The predicted octanol–water partition coefficient (Wildman–Crippen LogP) is 3.60. The number of rotatable bonds is 3. The van der Waals surface area contributed by atoms with Gasteiger partial charge in [-0.05, 0) is 30.2 Å². The van der Waals surface area contributed by atoms with Crippen molar-refractivity contribution in [2.45, 2.75) is 12.1 Å². The summed E-state index contributed by atoms with van der Waals surface area (Å²) < 4.78 is 0. The largest absolute Gasteiger partial charge is 0.350 e. The van der Waals surface area contributed by atoms with E-state index in [0.29, 0.717) is 24.2 Å². The molecule has 1 atom stereocenters. The van der Waals surface area contributed by atoms with E-state index in [2.05, 4.69) is 10.6 Å². The maximum absolute atomic E-state index is 13.5. The Morgan fingerprint density at radius 3 is 2.29 bits per heavy atom. The number of amides is 2. The third-order valence-electron chi connectivity index (χ3n) is 5.48. The first kappa shape index (κ1) is 16.6. The van der Waals surface area contributed by atoms with Crippen LogP contribution >= 0.6 is 0 Å². The summed E-state index contributed by atoms with van der Waals surface area (Å²) in [6.07, 6.45) is 0.660. The number of benzene rings is 3. The van der Waals surface area contributed by atoms with Crippen molar-refractivity contribution < 1.29 is 9.59 Å². The van der Waals surface area contributed by atoms with E-state index >= 15 is 0 Å². The van der Waals surface area contributed by atoms with Crippen molar-refractivity contribution in [1.82, 2.24) is 4.90 Å². The van der Waals surface area contributed by atoms with Crippen LogP contribution in [0.5, 0.6) is 0 Å². The topological polar surface area (TPSA) is 61.4 Å². The van der Waals surface area contributed by atoms with Gasteiger partial charge in [-0.1, -0.05) is 60.7 Å². The molecular weight excluding hydrogens is 350 g/mol. The molecule has 5 nitrogen and oxygen atoms in total. The predicted molar refractivity (Wildman–Crippen MR) is 108 cm³/mol. The number of carbonyl (C=O) groups is 2. The van der Waals surface area contributed by atoms with E-state index in [1.165, 1.54) is 0 Å². The van der Waals surface area contributed by atoms with Gasteiger partial charge in [-0.3, -0.25) is 9.59 Å². The van der Waals surface area contributed by atoms with Gasteiger partial charge in [0.05, 0.1) is 5.56 Å². The Hall–Kier alpha value is -3.60. The van der Waals surface area contributed by atoms with Crippen LogP contribution in [0.2, 0.25) is 0 Å². The fourth-order valence-corrected chi connectivity index (χ4v) is 4.13.